The van der Waals surface area contributed by atoms with E-state index in [2.05, 4.69) is 27.2 Å². The fourth-order valence-electron chi connectivity index (χ4n) is 4.88. The zero-order valence-electron chi connectivity index (χ0n) is 26.8. The Balaban J connectivity index is 1.73. The number of likely N-dealkylation sites (tertiary alicyclic amines) is 1. The standard InChI is InChI=1S/C32H41N7O7/c1-7-14-45-30(43)25(16-21-12-13-22-10-8-9-11-23(22)15-21)35-29(42)26-17-24(36-37-33)19-39(26)27(40)18-34-28(41)20(2)38(6)31(44)46-32(3,4)5/h7-13,15,20,24-26H,1,14,16-19H2,2-6H3,(H,34,41)(H,35,42)/t20-,24-,25-,26-/m0/s1. The van der Waals surface area contributed by atoms with E-state index in [9.17, 15) is 24.0 Å². The van der Waals surface area contributed by atoms with Gasteiger partial charge in [0.1, 0.15) is 30.3 Å². The van der Waals surface area contributed by atoms with Gasteiger partial charge in [0.05, 0.1) is 12.6 Å². The van der Waals surface area contributed by atoms with E-state index >= 15 is 0 Å². The van der Waals surface area contributed by atoms with Crippen LogP contribution in [0.3, 0.4) is 0 Å². The molecule has 1 heterocycles. The van der Waals surface area contributed by atoms with Gasteiger partial charge >= 0.3 is 12.1 Å². The summed E-state index contributed by atoms with van der Waals surface area (Å²) < 4.78 is 10.5. The largest absolute Gasteiger partial charge is 0.460 e. The number of hydrogen-bond donors (Lipinski definition) is 2. The van der Waals surface area contributed by atoms with Crippen LogP contribution in [0.1, 0.15) is 39.7 Å². The van der Waals surface area contributed by atoms with Crippen LogP contribution in [0, 0.1) is 0 Å². The van der Waals surface area contributed by atoms with E-state index in [0.717, 1.165) is 21.2 Å². The quantitative estimate of drug-likeness (QED) is 0.118. The molecule has 46 heavy (non-hydrogen) atoms. The van der Waals surface area contributed by atoms with Gasteiger partial charge in [-0.25, -0.2) is 9.59 Å². The summed E-state index contributed by atoms with van der Waals surface area (Å²) in [6.07, 6.45) is 0.832. The number of azide groups is 1. The highest BCUT2D eigenvalue weighted by Crippen LogP contribution is 2.22. The first-order valence-electron chi connectivity index (χ1n) is 14.9. The number of rotatable bonds is 12. The number of likely N-dealkylation sites (N-methyl/N-ethyl adjacent to an activating group) is 1. The van der Waals surface area contributed by atoms with E-state index < -0.39 is 66.1 Å². The van der Waals surface area contributed by atoms with Crippen molar-refractivity contribution in [1.29, 1.82) is 0 Å². The van der Waals surface area contributed by atoms with Crippen molar-refractivity contribution in [1.82, 2.24) is 20.4 Å². The molecule has 0 aliphatic carbocycles. The van der Waals surface area contributed by atoms with Gasteiger partial charge in [0, 0.05) is 24.9 Å². The number of nitrogens with one attached hydrogen (secondary N) is 2. The Morgan fingerprint density at radius 3 is 2.52 bits per heavy atom. The first-order chi connectivity index (χ1) is 21.7. The molecule has 246 valence electrons. The molecule has 14 heteroatoms. The average Bonchev–Trinajstić information content (AvgIpc) is 3.44. The highest BCUT2D eigenvalue weighted by Gasteiger charge is 2.40. The molecule has 3 rings (SSSR count). The normalized spacial score (nSPS) is 17.2. The lowest BCUT2D eigenvalue weighted by Gasteiger charge is -2.29. The maximum absolute atomic E-state index is 13.6. The Morgan fingerprint density at radius 1 is 1.17 bits per heavy atom. The Bertz CT molecular complexity index is 1520. The fourth-order valence-corrected chi connectivity index (χ4v) is 4.88. The van der Waals surface area contributed by atoms with Gasteiger partial charge in [0.15, 0.2) is 0 Å². The minimum absolute atomic E-state index is 0.0117. The number of ether oxygens (including phenoxy) is 2. The van der Waals surface area contributed by atoms with Crippen LogP contribution < -0.4 is 10.6 Å². The van der Waals surface area contributed by atoms with Gasteiger partial charge in [-0.3, -0.25) is 19.3 Å². The molecular formula is C32H41N7O7. The van der Waals surface area contributed by atoms with Crippen molar-refractivity contribution in [3.05, 3.63) is 71.1 Å². The Kier molecular flexibility index (Phi) is 12.1. The molecule has 0 bridgehead atoms. The number of hydrogen-bond acceptors (Lipinski definition) is 8. The van der Waals surface area contributed by atoms with Crippen molar-refractivity contribution in [2.24, 2.45) is 5.11 Å². The first-order valence-corrected chi connectivity index (χ1v) is 14.9. The van der Waals surface area contributed by atoms with Crippen LogP contribution in [-0.2, 0) is 35.1 Å². The van der Waals surface area contributed by atoms with Crippen molar-refractivity contribution < 1.29 is 33.4 Å². The molecule has 0 saturated carbocycles. The Labute approximate surface area is 267 Å². The van der Waals surface area contributed by atoms with Crippen molar-refractivity contribution >= 4 is 40.6 Å². The molecule has 2 aromatic rings. The number of amides is 4. The Hall–Kier alpha value is -5.10. The van der Waals surface area contributed by atoms with Crippen LogP contribution in [0.5, 0.6) is 0 Å². The molecule has 4 atom stereocenters. The van der Waals surface area contributed by atoms with Crippen molar-refractivity contribution in [3.8, 4) is 0 Å². The lowest BCUT2D eigenvalue weighted by molar-refractivity contribution is -0.147. The van der Waals surface area contributed by atoms with E-state index in [0.29, 0.717) is 0 Å². The summed E-state index contributed by atoms with van der Waals surface area (Å²) in [6.45, 7) is 9.52. The summed E-state index contributed by atoms with van der Waals surface area (Å²) in [6, 6.07) is 9.57. The highest BCUT2D eigenvalue weighted by atomic mass is 16.6. The number of esters is 1. The maximum Gasteiger partial charge on any atom is 0.410 e. The number of fused-ring (bicyclic) bond motifs is 1. The SMILES string of the molecule is C=CCOC(=O)[C@H](Cc1ccc2ccccc2c1)NC(=O)[C@@H]1C[C@H](N=[N+]=[N-])CN1C(=O)CNC(=O)[C@H](C)N(C)C(=O)OC(C)(C)C. The summed E-state index contributed by atoms with van der Waals surface area (Å²) in [5.74, 6) is -2.56. The molecule has 2 N–H and O–H groups in total. The molecular weight excluding hydrogens is 594 g/mol. The number of nitrogens with zero attached hydrogens (tertiary/aromatic N) is 5. The van der Waals surface area contributed by atoms with Crippen molar-refractivity contribution in [3.63, 3.8) is 0 Å². The molecule has 0 radical (unpaired) electrons. The van der Waals surface area contributed by atoms with Crippen LogP contribution in [0.4, 0.5) is 4.79 Å². The highest BCUT2D eigenvalue weighted by molar-refractivity contribution is 5.94. The smallest absolute Gasteiger partial charge is 0.410 e. The Morgan fingerprint density at radius 2 is 1.87 bits per heavy atom. The molecule has 0 aromatic heterocycles. The molecule has 0 unspecified atom stereocenters. The molecule has 14 nitrogen and oxygen atoms in total. The van der Waals surface area contributed by atoms with Gasteiger partial charge in [-0.15, -0.1) is 0 Å². The van der Waals surface area contributed by atoms with Crippen molar-refractivity contribution in [2.75, 3.05) is 26.7 Å². The third kappa shape index (κ3) is 9.70. The molecule has 2 aromatic carbocycles. The number of benzene rings is 2. The number of carbonyl (C=O) groups is 5. The summed E-state index contributed by atoms with van der Waals surface area (Å²) in [4.78, 5) is 70.2. The van der Waals surface area contributed by atoms with Gasteiger partial charge < -0.3 is 25.0 Å². The third-order valence-corrected chi connectivity index (χ3v) is 7.37. The molecule has 1 fully saturated rings. The monoisotopic (exact) mass is 635 g/mol. The predicted octanol–water partition coefficient (Wildman–Crippen LogP) is 3.25. The molecule has 1 aliphatic heterocycles. The van der Waals surface area contributed by atoms with Gasteiger partial charge in [0.25, 0.3) is 0 Å². The molecule has 1 aliphatic rings. The molecule has 1 saturated heterocycles. The lowest BCUT2D eigenvalue weighted by atomic mass is 10.0. The fraction of sp³-hybridized carbons (Fsp3) is 0.469. The molecule has 4 amide bonds. The second-order valence-corrected chi connectivity index (χ2v) is 12.0. The maximum atomic E-state index is 13.6. The second-order valence-electron chi connectivity index (χ2n) is 12.0. The van der Waals surface area contributed by atoms with E-state index in [1.165, 1.54) is 24.9 Å². The van der Waals surface area contributed by atoms with Crippen LogP contribution >= 0.6 is 0 Å². The summed E-state index contributed by atoms with van der Waals surface area (Å²) in [5, 5.41) is 10.9. The third-order valence-electron chi connectivity index (χ3n) is 7.37. The zero-order chi connectivity index (χ0) is 34.0. The van der Waals surface area contributed by atoms with E-state index in [4.69, 9.17) is 15.0 Å². The van der Waals surface area contributed by atoms with Crippen LogP contribution in [-0.4, -0.2) is 96.1 Å². The topological polar surface area (TPSA) is 183 Å². The first kappa shape index (κ1) is 35.4. The zero-order valence-corrected chi connectivity index (χ0v) is 26.8. The van der Waals surface area contributed by atoms with Crippen molar-refractivity contribution in [2.45, 2.75) is 70.3 Å². The minimum atomic E-state index is -1.09. The van der Waals surface area contributed by atoms with Crippen LogP contribution in [0.25, 0.3) is 21.2 Å². The van der Waals surface area contributed by atoms with Gasteiger partial charge in [-0.05, 0) is 56.0 Å². The van der Waals surface area contributed by atoms with E-state index in [-0.39, 0.29) is 26.0 Å². The number of carbonyl (C=O) groups excluding carboxylic acids is 5. The second kappa shape index (κ2) is 15.8. The van der Waals surface area contributed by atoms with Crippen LogP contribution in [0.2, 0.25) is 0 Å². The minimum Gasteiger partial charge on any atom is -0.460 e. The van der Waals surface area contributed by atoms with Gasteiger partial charge in [-0.1, -0.05) is 60.2 Å². The summed E-state index contributed by atoms with van der Waals surface area (Å²) in [5.41, 5.74) is 9.02. The van der Waals surface area contributed by atoms with Gasteiger partial charge in [0.2, 0.25) is 17.7 Å². The summed E-state index contributed by atoms with van der Waals surface area (Å²) >= 11 is 0. The van der Waals surface area contributed by atoms with Crippen LogP contribution in [0.15, 0.2) is 60.2 Å². The van der Waals surface area contributed by atoms with E-state index in [1.54, 1.807) is 20.8 Å². The lowest BCUT2D eigenvalue weighted by Crippen LogP contribution is -2.54. The van der Waals surface area contributed by atoms with E-state index in [1.807, 2.05) is 42.5 Å². The molecule has 0 spiro atoms. The van der Waals surface area contributed by atoms with Gasteiger partial charge in [-0.2, -0.15) is 0 Å². The average molecular weight is 636 g/mol. The predicted molar refractivity (Wildman–Crippen MR) is 170 cm³/mol. The summed E-state index contributed by atoms with van der Waals surface area (Å²) in [7, 11) is 1.40.